The molecule has 29 heavy (non-hydrogen) atoms. The van der Waals surface area contributed by atoms with Crippen molar-refractivity contribution in [3.05, 3.63) is 76.4 Å². The van der Waals surface area contributed by atoms with Crippen molar-refractivity contribution in [3.8, 4) is 11.4 Å². The zero-order chi connectivity index (χ0) is 20.2. The van der Waals surface area contributed by atoms with Gasteiger partial charge in [-0.05, 0) is 30.0 Å². The molecule has 0 fully saturated rings. The second-order valence-electron chi connectivity index (χ2n) is 6.47. The fourth-order valence-corrected chi connectivity index (χ4v) is 4.57. The van der Waals surface area contributed by atoms with Gasteiger partial charge in [-0.15, -0.1) is 21.5 Å². The summed E-state index contributed by atoms with van der Waals surface area (Å²) >= 11 is 2.99. The number of furan rings is 1. The van der Waals surface area contributed by atoms with E-state index in [1.807, 2.05) is 72.4 Å². The van der Waals surface area contributed by atoms with Gasteiger partial charge < -0.3 is 14.3 Å². The molecular formula is C21H20N4O2S2. The zero-order valence-electron chi connectivity index (χ0n) is 16.0. The smallest absolute Gasteiger partial charge is 0.231 e. The second kappa shape index (κ2) is 8.67. The number of thiophene rings is 1. The number of amides is 1. The molecule has 6 nitrogen and oxygen atoms in total. The van der Waals surface area contributed by atoms with Crippen LogP contribution in [0.2, 0.25) is 0 Å². The van der Waals surface area contributed by atoms with Crippen LogP contribution in [0.25, 0.3) is 11.4 Å². The summed E-state index contributed by atoms with van der Waals surface area (Å²) < 4.78 is 7.23. The van der Waals surface area contributed by atoms with Gasteiger partial charge in [0.15, 0.2) is 11.0 Å². The van der Waals surface area contributed by atoms with E-state index in [4.69, 9.17) is 4.42 Å². The lowest BCUT2D eigenvalue weighted by molar-refractivity contribution is -0.119. The maximum Gasteiger partial charge on any atom is 0.231 e. The number of nitrogens with one attached hydrogen (secondary N) is 1. The molecule has 0 aliphatic carbocycles. The summed E-state index contributed by atoms with van der Waals surface area (Å²) in [4.78, 5) is 13.8. The van der Waals surface area contributed by atoms with Gasteiger partial charge in [0, 0.05) is 11.9 Å². The fourth-order valence-electron chi connectivity index (χ4n) is 3.04. The van der Waals surface area contributed by atoms with Crippen molar-refractivity contribution < 1.29 is 9.21 Å². The molecule has 3 heterocycles. The topological polar surface area (TPSA) is 72.9 Å². The minimum Gasteiger partial charge on any atom is -0.469 e. The lowest BCUT2D eigenvalue weighted by Crippen LogP contribution is -2.30. The van der Waals surface area contributed by atoms with E-state index >= 15 is 0 Å². The highest BCUT2D eigenvalue weighted by Gasteiger charge is 2.19. The maximum atomic E-state index is 12.7. The van der Waals surface area contributed by atoms with Crippen molar-refractivity contribution in [1.82, 2.24) is 20.1 Å². The number of hydrogen-bond donors (Lipinski definition) is 1. The summed E-state index contributed by atoms with van der Waals surface area (Å²) in [5, 5.41) is 14.3. The highest BCUT2D eigenvalue weighted by molar-refractivity contribution is 7.99. The standard InChI is InChI=1S/C21H20N4O2S2/c1-14-16(10-11-27-14)20-23-24-21(25(20)2)29-13-18(26)22-19(17-9-6-12-28-17)15-7-4-3-5-8-15/h3-12,19H,13H2,1-2H3,(H,22,26)/t19-/m0/s1. The van der Waals surface area contributed by atoms with Crippen LogP contribution in [-0.2, 0) is 11.8 Å². The Balaban J connectivity index is 1.45. The van der Waals surface area contributed by atoms with Crippen LogP contribution >= 0.6 is 23.1 Å². The summed E-state index contributed by atoms with van der Waals surface area (Å²) in [5.41, 5.74) is 1.96. The Morgan fingerprint density at radius 3 is 2.72 bits per heavy atom. The Labute approximate surface area is 177 Å². The van der Waals surface area contributed by atoms with E-state index in [1.54, 1.807) is 17.6 Å². The van der Waals surface area contributed by atoms with Gasteiger partial charge in [-0.2, -0.15) is 0 Å². The Morgan fingerprint density at radius 1 is 1.21 bits per heavy atom. The van der Waals surface area contributed by atoms with E-state index in [0.717, 1.165) is 27.6 Å². The number of rotatable bonds is 7. The molecule has 0 bridgehead atoms. The maximum absolute atomic E-state index is 12.7. The van der Waals surface area contributed by atoms with Gasteiger partial charge in [0.25, 0.3) is 0 Å². The normalized spacial score (nSPS) is 12.1. The van der Waals surface area contributed by atoms with Crippen LogP contribution in [0.1, 0.15) is 22.2 Å². The van der Waals surface area contributed by atoms with Gasteiger partial charge in [0.05, 0.1) is 23.6 Å². The van der Waals surface area contributed by atoms with E-state index in [0.29, 0.717) is 5.16 Å². The van der Waals surface area contributed by atoms with Gasteiger partial charge >= 0.3 is 0 Å². The van der Waals surface area contributed by atoms with E-state index in [9.17, 15) is 4.79 Å². The Kier molecular flexibility index (Phi) is 5.82. The minimum atomic E-state index is -0.159. The number of aromatic nitrogens is 3. The van der Waals surface area contributed by atoms with Crippen molar-refractivity contribution in [3.63, 3.8) is 0 Å². The van der Waals surface area contributed by atoms with Crippen molar-refractivity contribution in [2.24, 2.45) is 7.05 Å². The molecule has 0 saturated carbocycles. The zero-order valence-corrected chi connectivity index (χ0v) is 17.7. The number of carbonyl (C=O) groups is 1. The Morgan fingerprint density at radius 2 is 2.03 bits per heavy atom. The van der Waals surface area contributed by atoms with Crippen LogP contribution in [0.15, 0.2) is 69.7 Å². The third kappa shape index (κ3) is 4.28. The molecule has 0 spiro atoms. The molecule has 0 radical (unpaired) electrons. The van der Waals surface area contributed by atoms with E-state index in [-0.39, 0.29) is 17.7 Å². The molecule has 0 aliphatic rings. The van der Waals surface area contributed by atoms with Crippen LogP contribution in [0, 0.1) is 6.92 Å². The number of nitrogens with zero attached hydrogens (tertiary/aromatic N) is 3. The van der Waals surface area contributed by atoms with Crippen LogP contribution < -0.4 is 5.32 Å². The van der Waals surface area contributed by atoms with Gasteiger partial charge in [0.1, 0.15) is 5.76 Å². The predicted molar refractivity (Wildman–Crippen MR) is 115 cm³/mol. The lowest BCUT2D eigenvalue weighted by atomic mass is 10.1. The third-order valence-corrected chi connectivity index (χ3v) is 6.49. The van der Waals surface area contributed by atoms with E-state index in [2.05, 4.69) is 15.5 Å². The van der Waals surface area contributed by atoms with Crippen molar-refractivity contribution in [2.75, 3.05) is 5.75 Å². The number of aryl methyl sites for hydroxylation is 1. The van der Waals surface area contributed by atoms with Gasteiger partial charge in [0.2, 0.25) is 5.91 Å². The summed E-state index contributed by atoms with van der Waals surface area (Å²) in [6.07, 6.45) is 1.63. The van der Waals surface area contributed by atoms with E-state index < -0.39 is 0 Å². The molecule has 148 valence electrons. The first-order valence-corrected chi connectivity index (χ1v) is 10.9. The quantitative estimate of drug-likeness (QED) is 0.444. The second-order valence-corrected chi connectivity index (χ2v) is 8.39. The van der Waals surface area contributed by atoms with Gasteiger partial charge in [-0.1, -0.05) is 48.2 Å². The first-order chi connectivity index (χ1) is 14.1. The minimum absolute atomic E-state index is 0.0544. The van der Waals surface area contributed by atoms with Crippen molar-refractivity contribution in [1.29, 1.82) is 0 Å². The molecule has 0 aliphatic heterocycles. The summed E-state index contributed by atoms with van der Waals surface area (Å²) in [5.74, 6) is 1.71. The highest BCUT2D eigenvalue weighted by Crippen LogP contribution is 2.28. The van der Waals surface area contributed by atoms with E-state index in [1.165, 1.54) is 11.8 Å². The monoisotopic (exact) mass is 424 g/mol. The molecule has 4 aromatic rings. The molecule has 0 unspecified atom stereocenters. The largest absolute Gasteiger partial charge is 0.469 e. The summed E-state index contributed by atoms with van der Waals surface area (Å²) in [6, 6.07) is 15.7. The molecule has 4 rings (SSSR count). The molecule has 1 atom stereocenters. The van der Waals surface area contributed by atoms with Crippen LogP contribution in [0.4, 0.5) is 0 Å². The molecule has 1 N–H and O–H groups in total. The average Bonchev–Trinajstić information content (AvgIpc) is 3.47. The molecule has 3 aromatic heterocycles. The molecular weight excluding hydrogens is 404 g/mol. The highest BCUT2D eigenvalue weighted by atomic mass is 32.2. The van der Waals surface area contributed by atoms with Gasteiger partial charge in [-0.3, -0.25) is 4.79 Å². The van der Waals surface area contributed by atoms with Crippen LogP contribution in [-0.4, -0.2) is 26.4 Å². The van der Waals surface area contributed by atoms with Crippen LogP contribution in [0.3, 0.4) is 0 Å². The SMILES string of the molecule is Cc1occc1-c1nnc(SCC(=O)N[C@@H](c2ccccc2)c2cccs2)n1C. The number of carbonyl (C=O) groups excluding carboxylic acids is 1. The number of thioether (sulfide) groups is 1. The van der Waals surface area contributed by atoms with Crippen molar-refractivity contribution >= 4 is 29.0 Å². The number of benzene rings is 1. The molecule has 8 heteroatoms. The summed E-state index contributed by atoms with van der Waals surface area (Å²) in [6.45, 7) is 1.89. The molecule has 0 saturated heterocycles. The lowest BCUT2D eigenvalue weighted by Gasteiger charge is -2.18. The fraction of sp³-hybridized carbons (Fsp3) is 0.190. The average molecular weight is 425 g/mol. The molecule has 1 aromatic carbocycles. The Hall–Kier alpha value is -2.84. The van der Waals surface area contributed by atoms with Crippen molar-refractivity contribution in [2.45, 2.75) is 18.1 Å². The summed E-state index contributed by atoms with van der Waals surface area (Å²) in [7, 11) is 1.89. The first kappa shape index (κ1) is 19.5. The third-order valence-electron chi connectivity index (χ3n) is 4.53. The number of hydrogen-bond acceptors (Lipinski definition) is 6. The first-order valence-electron chi connectivity index (χ1n) is 9.08. The Bertz CT molecular complexity index is 1090. The van der Waals surface area contributed by atoms with Crippen LogP contribution in [0.5, 0.6) is 0 Å². The van der Waals surface area contributed by atoms with Gasteiger partial charge in [-0.25, -0.2) is 0 Å². The molecule has 1 amide bonds. The predicted octanol–water partition coefficient (Wildman–Crippen LogP) is 4.44.